The molecule has 3 nitrogen and oxygen atoms in total. The Bertz CT molecular complexity index is 895. The number of hydrogen-bond acceptors (Lipinski definition) is 3. The number of furan rings is 1. The standard InChI is InChI=1S/C20H18Cl3NO2.ClH/c1-25-20-6-3-14(10-18(20)23)19-7-5-16(26-19)12-24-9-8-13-2-4-15(21)11-17(13)22;/h2-7,10-11,24H,8-9,12H2,1H3;1H. The summed E-state index contributed by atoms with van der Waals surface area (Å²) < 4.78 is 11.1. The molecule has 0 spiro atoms. The summed E-state index contributed by atoms with van der Waals surface area (Å²) in [6.07, 6.45) is 0.817. The van der Waals surface area contributed by atoms with Gasteiger partial charge < -0.3 is 14.5 Å². The molecule has 0 atom stereocenters. The van der Waals surface area contributed by atoms with Gasteiger partial charge in [-0.25, -0.2) is 0 Å². The van der Waals surface area contributed by atoms with Gasteiger partial charge in [0.2, 0.25) is 0 Å². The minimum absolute atomic E-state index is 0. The second-order valence-corrected chi connectivity index (χ2v) is 7.03. The number of methoxy groups -OCH3 is 1. The van der Waals surface area contributed by atoms with Crippen LogP contribution in [0.3, 0.4) is 0 Å². The number of hydrogen-bond donors (Lipinski definition) is 1. The topological polar surface area (TPSA) is 34.4 Å². The van der Waals surface area contributed by atoms with Crippen LogP contribution in [0.1, 0.15) is 11.3 Å². The van der Waals surface area contributed by atoms with Gasteiger partial charge >= 0.3 is 0 Å². The molecular weight excluding hydrogens is 428 g/mol. The maximum atomic E-state index is 6.18. The Kier molecular flexibility index (Phi) is 8.33. The zero-order valence-electron chi connectivity index (χ0n) is 14.6. The van der Waals surface area contributed by atoms with E-state index in [1.54, 1.807) is 13.2 Å². The van der Waals surface area contributed by atoms with Crippen molar-refractivity contribution in [3.63, 3.8) is 0 Å². The minimum atomic E-state index is 0. The highest BCUT2D eigenvalue weighted by atomic mass is 35.5. The molecule has 1 N–H and O–H groups in total. The first-order valence-corrected chi connectivity index (χ1v) is 9.27. The number of benzene rings is 2. The molecule has 7 heteroatoms. The molecule has 0 bridgehead atoms. The summed E-state index contributed by atoms with van der Waals surface area (Å²) >= 11 is 18.3. The summed E-state index contributed by atoms with van der Waals surface area (Å²) in [5, 5.41) is 5.25. The van der Waals surface area contributed by atoms with Crippen LogP contribution in [0.25, 0.3) is 11.3 Å². The zero-order chi connectivity index (χ0) is 18.5. The summed E-state index contributed by atoms with van der Waals surface area (Å²) in [6, 6.07) is 15.0. The number of rotatable bonds is 7. The highest BCUT2D eigenvalue weighted by Gasteiger charge is 2.08. The molecule has 0 saturated heterocycles. The van der Waals surface area contributed by atoms with Crippen LogP contribution < -0.4 is 10.1 Å². The van der Waals surface area contributed by atoms with Crippen molar-refractivity contribution in [1.29, 1.82) is 0 Å². The first kappa shape index (κ1) is 21.9. The monoisotopic (exact) mass is 445 g/mol. The molecule has 0 unspecified atom stereocenters. The summed E-state index contributed by atoms with van der Waals surface area (Å²) in [5.41, 5.74) is 1.98. The Balaban J connectivity index is 0.00000261. The van der Waals surface area contributed by atoms with Crippen LogP contribution in [0.15, 0.2) is 52.9 Å². The van der Waals surface area contributed by atoms with E-state index in [0.29, 0.717) is 27.4 Å². The largest absolute Gasteiger partial charge is 0.495 e. The lowest BCUT2D eigenvalue weighted by Gasteiger charge is -2.06. The normalized spacial score (nSPS) is 10.5. The lowest BCUT2D eigenvalue weighted by Crippen LogP contribution is -2.16. The summed E-state index contributed by atoms with van der Waals surface area (Å²) in [5.74, 6) is 2.27. The van der Waals surface area contributed by atoms with Gasteiger partial charge in [-0.05, 0) is 61.0 Å². The van der Waals surface area contributed by atoms with Gasteiger partial charge in [-0.15, -0.1) is 12.4 Å². The average molecular weight is 447 g/mol. The van der Waals surface area contributed by atoms with Gasteiger partial charge in [-0.3, -0.25) is 0 Å². The van der Waals surface area contributed by atoms with Crippen LogP contribution in [0.5, 0.6) is 5.75 Å². The molecule has 144 valence electrons. The van der Waals surface area contributed by atoms with Crippen molar-refractivity contribution in [3.8, 4) is 17.1 Å². The smallest absolute Gasteiger partial charge is 0.137 e. The van der Waals surface area contributed by atoms with E-state index in [0.717, 1.165) is 35.6 Å². The zero-order valence-corrected chi connectivity index (χ0v) is 17.7. The van der Waals surface area contributed by atoms with Crippen molar-refractivity contribution in [3.05, 3.63) is 74.9 Å². The Labute approximate surface area is 180 Å². The molecule has 0 aliphatic rings. The second kappa shape index (κ2) is 10.3. The SMILES string of the molecule is COc1ccc(-c2ccc(CNCCc3ccc(Cl)cc3Cl)o2)cc1Cl.Cl. The highest BCUT2D eigenvalue weighted by molar-refractivity contribution is 6.35. The van der Waals surface area contributed by atoms with Crippen molar-refractivity contribution in [2.45, 2.75) is 13.0 Å². The predicted molar refractivity (Wildman–Crippen MR) is 115 cm³/mol. The van der Waals surface area contributed by atoms with E-state index >= 15 is 0 Å². The Morgan fingerprint density at radius 3 is 2.48 bits per heavy atom. The van der Waals surface area contributed by atoms with Crippen LogP contribution in [0.2, 0.25) is 15.1 Å². The fourth-order valence-electron chi connectivity index (χ4n) is 2.61. The van der Waals surface area contributed by atoms with Gasteiger partial charge in [-0.1, -0.05) is 40.9 Å². The van der Waals surface area contributed by atoms with Crippen molar-refractivity contribution in [2.75, 3.05) is 13.7 Å². The highest BCUT2D eigenvalue weighted by Crippen LogP contribution is 2.31. The van der Waals surface area contributed by atoms with E-state index in [-0.39, 0.29) is 12.4 Å². The van der Waals surface area contributed by atoms with Gasteiger partial charge in [0.1, 0.15) is 17.3 Å². The van der Waals surface area contributed by atoms with Crippen molar-refractivity contribution in [1.82, 2.24) is 5.32 Å². The summed E-state index contributed by atoms with van der Waals surface area (Å²) in [4.78, 5) is 0. The fraction of sp³-hybridized carbons (Fsp3) is 0.200. The molecule has 0 fully saturated rings. The average Bonchev–Trinajstić information content (AvgIpc) is 3.09. The summed E-state index contributed by atoms with van der Waals surface area (Å²) in [6.45, 7) is 1.42. The van der Waals surface area contributed by atoms with Gasteiger partial charge in [-0.2, -0.15) is 0 Å². The quantitative estimate of drug-likeness (QED) is 0.411. The molecular formula is C20H19Cl4NO2. The maximum absolute atomic E-state index is 6.18. The van der Waals surface area contributed by atoms with Gasteiger partial charge in [0, 0.05) is 15.6 Å². The van der Waals surface area contributed by atoms with Crippen LogP contribution in [0.4, 0.5) is 0 Å². The first-order valence-electron chi connectivity index (χ1n) is 8.14. The van der Waals surface area contributed by atoms with E-state index in [1.165, 1.54) is 0 Å². The van der Waals surface area contributed by atoms with E-state index in [1.807, 2.05) is 42.5 Å². The molecule has 0 amide bonds. The molecule has 27 heavy (non-hydrogen) atoms. The third-order valence-electron chi connectivity index (χ3n) is 3.98. The molecule has 0 saturated carbocycles. The van der Waals surface area contributed by atoms with E-state index < -0.39 is 0 Å². The molecule has 0 radical (unpaired) electrons. The first-order chi connectivity index (χ1) is 12.6. The van der Waals surface area contributed by atoms with Crippen LogP contribution in [0, 0.1) is 0 Å². The molecule has 1 aromatic heterocycles. The Hall–Kier alpha value is -1.36. The van der Waals surface area contributed by atoms with E-state index in [2.05, 4.69) is 5.32 Å². The van der Waals surface area contributed by atoms with Crippen molar-refractivity contribution in [2.24, 2.45) is 0 Å². The Morgan fingerprint density at radius 2 is 1.78 bits per heavy atom. The number of halogens is 4. The van der Waals surface area contributed by atoms with E-state index in [9.17, 15) is 0 Å². The fourth-order valence-corrected chi connectivity index (χ4v) is 3.37. The number of nitrogens with one attached hydrogen (secondary N) is 1. The molecule has 0 aliphatic heterocycles. The minimum Gasteiger partial charge on any atom is -0.495 e. The lowest BCUT2D eigenvalue weighted by molar-refractivity contribution is 0.415. The predicted octanol–water partition coefficient (Wildman–Crippen LogP) is 6.67. The Morgan fingerprint density at radius 1 is 0.963 bits per heavy atom. The van der Waals surface area contributed by atoms with Crippen LogP contribution in [-0.2, 0) is 13.0 Å². The van der Waals surface area contributed by atoms with Gasteiger partial charge in [0.15, 0.2) is 0 Å². The van der Waals surface area contributed by atoms with E-state index in [4.69, 9.17) is 44.0 Å². The second-order valence-electron chi connectivity index (χ2n) is 5.78. The third-order valence-corrected chi connectivity index (χ3v) is 4.87. The third kappa shape index (κ3) is 5.81. The van der Waals surface area contributed by atoms with Crippen molar-refractivity contribution < 1.29 is 9.15 Å². The molecule has 1 heterocycles. The lowest BCUT2D eigenvalue weighted by atomic mass is 10.1. The number of ether oxygens (including phenoxy) is 1. The molecule has 3 rings (SSSR count). The van der Waals surface area contributed by atoms with Crippen LogP contribution in [-0.4, -0.2) is 13.7 Å². The van der Waals surface area contributed by atoms with Crippen molar-refractivity contribution >= 4 is 47.2 Å². The van der Waals surface area contributed by atoms with Gasteiger partial charge in [0.25, 0.3) is 0 Å². The maximum Gasteiger partial charge on any atom is 0.137 e. The van der Waals surface area contributed by atoms with Crippen LogP contribution >= 0.6 is 47.2 Å². The van der Waals surface area contributed by atoms with Gasteiger partial charge in [0.05, 0.1) is 18.7 Å². The summed E-state index contributed by atoms with van der Waals surface area (Å²) in [7, 11) is 1.59. The molecule has 0 aliphatic carbocycles. The molecule has 2 aromatic carbocycles. The molecule has 3 aromatic rings.